The molecule has 0 aromatic carbocycles. The summed E-state index contributed by atoms with van der Waals surface area (Å²) < 4.78 is 26.0. The molecule has 2 heterocycles. The molecule has 0 spiro atoms. The summed E-state index contributed by atoms with van der Waals surface area (Å²) in [6, 6.07) is -0.810. The molecule has 7 heteroatoms. The second-order valence-corrected chi connectivity index (χ2v) is 6.70. The molecule has 1 aromatic heterocycles. The van der Waals surface area contributed by atoms with Crippen molar-refractivity contribution in [3.05, 3.63) is 15.6 Å². The minimum absolute atomic E-state index is 0.292. The van der Waals surface area contributed by atoms with Crippen LogP contribution in [-0.2, 0) is 11.3 Å². The Morgan fingerprint density at radius 3 is 2.80 bits per heavy atom. The lowest BCUT2D eigenvalue weighted by molar-refractivity contribution is -0.123. The van der Waals surface area contributed by atoms with Gasteiger partial charge in [0.2, 0.25) is 5.91 Å². The first-order chi connectivity index (χ1) is 9.28. The first-order valence-corrected chi connectivity index (χ1v) is 7.45. The molecule has 1 aliphatic heterocycles. The van der Waals surface area contributed by atoms with Crippen molar-refractivity contribution < 1.29 is 13.6 Å². The van der Waals surface area contributed by atoms with Gasteiger partial charge in [0.15, 0.2) is 0 Å². The lowest BCUT2D eigenvalue weighted by atomic mass is 10.1. The number of aryl methyl sites for hydroxylation is 1. The van der Waals surface area contributed by atoms with Gasteiger partial charge in [-0.25, -0.2) is 13.8 Å². The number of hydrogen-bond donors (Lipinski definition) is 2. The van der Waals surface area contributed by atoms with Gasteiger partial charge < -0.3 is 5.32 Å². The van der Waals surface area contributed by atoms with Crippen LogP contribution in [0.2, 0.25) is 0 Å². The smallest absolute Gasteiger partial charge is 0.262 e. The minimum atomic E-state index is -2.79. The summed E-state index contributed by atoms with van der Waals surface area (Å²) in [5.74, 6) is -2.84. The van der Waals surface area contributed by atoms with E-state index < -0.39 is 24.9 Å². The van der Waals surface area contributed by atoms with Crippen LogP contribution in [-0.4, -0.2) is 29.4 Å². The van der Waals surface area contributed by atoms with E-state index in [2.05, 4.69) is 29.5 Å². The summed E-state index contributed by atoms with van der Waals surface area (Å²) in [6.07, 6.45) is -0.438. The van der Waals surface area contributed by atoms with Gasteiger partial charge in [-0.05, 0) is 12.8 Å². The third kappa shape index (κ3) is 3.52. The van der Waals surface area contributed by atoms with Crippen LogP contribution in [0.25, 0.3) is 0 Å². The average Bonchev–Trinajstić information content (AvgIpc) is 2.89. The number of carbonyl (C=O) groups is 1. The van der Waals surface area contributed by atoms with Crippen LogP contribution in [0.15, 0.2) is 0 Å². The molecule has 0 saturated carbocycles. The fourth-order valence-corrected chi connectivity index (χ4v) is 3.29. The molecule has 1 unspecified atom stereocenters. The van der Waals surface area contributed by atoms with Gasteiger partial charge in [0.05, 0.1) is 24.8 Å². The van der Waals surface area contributed by atoms with Crippen LogP contribution in [0, 0.1) is 6.92 Å². The molecule has 0 aliphatic carbocycles. The maximum atomic E-state index is 13.0. The molecule has 1 atom stereocenters. The lowest BCUT2D eigenvalue weighted by Crippen LogP contribution is -2.40. The fraction of sp³-hybridized carbons (Fsp3) is 0.692. The third-order valence-corrected chi connectivity index (χ3v) is 4.25. The highest BCUT2D eigenvalue weighted by molar-refractivity contribution is 7.11. The number of thiazole rings is 1. The Morgan fingerprint density at radius 2 is 2.30 bits per heavy atom. The number of alkyl halides is 2. The van der Waals surface area contributed by atoms with E-state index in [0.29, 0.717) is 12.5 Å². The van der Waals surface area contributed by atoms with Crippen molar-refractivity contribution in [3.63, 3.8) is 0 Å². The monoisotopic (exact) mass is 303 g/mol. The molecule has 1 aliphatic rings. The summed E-state index contributed by atoms with van der Waals surface area (Å²) in [5.41, 5.74) is 1.03. The van der Waals surface area contributed by atoms with Crippen molar-refractivity contribution in [2.75, 3.05) is 6.54 Å². The van der Waals surface area contributed by atoms with E-state index in [4.69, 9.17) is 0 Å². The van der Waals surface area contributed by atoms with Crippen LogP contribution in [0.5, 0.6) is 0 Å². The van der Waals surface area contributed by atoms with Crippen molar-refractivity contribution >= 4 is 17.2 Å². The Bertz CT molecular complexity index is 502. The van der Waals surface area contributed by atoms with Gasteiger partial charge in [-0.3, -0.25) is 10.1 Å². The standard InChI is InChI=1S/C13H19F2N3OS/c1-7(2)11-8(3)20-10(18-11)5-16-12(19)9-4-13(14,15)6-17-9/h7,9,17H,4-6H2,1-3H3,(H,16,19). The zero-order chi connectivity index (χ0) is 14.9. The maximum Gasteiger partial charge on any atom is 0.262 e. The molecule has 4 nitrogen and oxygen atoms in total. The van der Waals surface area contributed by atoms with E-state index >= 15 is 0 Å². The molecule has 0 bridgehead atoms. The molecule has 2 rings (SSSR count). The van der Waals surface area contributed by atoms with Crippen LogP contribution in [0.3, 0.4) is 0 Å². The molecule has 1 saturated heterocycles. The number of halogens is 2. The number of nitrogens with one attached hydrogen (secondary N) is 2. The topological polar surface area (TPSA) is 54.0 Å². The predicted molar refractivity (Wildman–Crippen MR) is 74.1 cm³/mol. The Kier molecular flexibility index (Phi) is 4.39. The molecule has 1 amide bonds. The van der Waals surface area contributed by atoms with E-state index in [9.17, 15) is 13.6 Å². The number of rotatable bonds is 4. The minimum Gasteiger partial charge on any atom is -0.348 e. The van der Waals surface area contributed by atoms with Crippen LogP contribution < -0.4 is 10.6 Å². The molecule has 20 heavy (non-hydrogen) atoms. The van der Waals surface area contributed by atoms with Crippen molar-refractivity contribution in [1.29, 1.82) is 0 Å². The molecule has 112 valence electrons. The van der Waals surface area contributed by atoms with Crippen molar-refractivity contribution in [1.82, 2.24) is 15.6 Å². The number of aromatic nitrogens is 1. The lowest BCUT2D eigenvalue weighted by Gasteiger charge is -2.10. The Hall–Kier alpha value is -1.08. The molecular weight excluding hydrogens is 284 g/mol. The van der Waals surface area contributed by atoms with Crippen LogP contribution in [0.1, 0.15) is 41.8 Å². The van der Waals surface area contributed by atoms with Gasteiger partial charge in [-0.1, -0.05) is 13.8 Å². The highest BCUT2D eigenvalue weighted by Gasteiger charge is 2.42. The van der Waals surface area contributed by atoms with Gasteiger partial charge in [0.25, 0.3) is 5.92 Å². The summed E-state index contributed by atoms with van der Waals surface area (Å²) in [7, 11) is 0. The quantitative estimate of drug-likeness (QED) is 0.896. The Balaban J connectivity index is 1.89. The van der Waals surface area contributed by atoms with Crippen molar-refractivity contribution in [3.8, 4) is 0 Å². The van der Waals surface area contributed by atoms with Gasteiger partial charge in [-0.2, -0.15) is 0 Å². The van der Waals surface area contributed by atoms with E-state index in [0.717, 1.165) is 15.6 Å². The first kappa shape index (κ1) is 15.3. The van der Waals surface area contributed by atoms with E-state index in [1.165, 1.54) is 11.3 Å². The fourth-order valence-electron chi connectivity index (χ4n) is 2.26. The average molecular weight is 303 g/mol. The second-order valence-electron chi connectivity index (χ2n) is 5.42. The summed E-state index contributed by atoms with van der Waals surface area (Å²) >= 11 is 1.53. The molecule has 1 fully saturated rings. The third-order valence-electron chi connectivity index (χ3n) is 3.26. The van der Waals surface area contributed by atoms with E-state index in [1.54, 1.807) is 0 Å². The number of hydrogen-bond acceptors (Lipinski definition) is 4. The number of amides is 1. The molecule has 0 radical (unpaired) electrons. The zero-order valence-electron chi connectivity index (χ0n) is 11.8. The van der Waals surface area contributed by atoms with Crippen molar-refractivity contribution in [2.24, 2.45) is 0 Å². The normalized spacial score (nSPS) is 21.4. The molecular formula is C13H19F2N3OS. The maximum absolute atomic E-state index is 13.0. The van der Waals surface area contributed by atoms with Crippen LogP contribution in [0.4, 0.5) is 8.78 Å². The number of nitrogens with zero attached hydrogens (tertiary/aromatic N) is 1. The van der Waals surface area contributed by atoms with E-state index in [1.807, 2.05) is 6.92 Å². The zero-order valence-corrected chi connectivity index (χ0v) is 12.6. The first-order valence-electron chi connectivity index (χ1n) is 6.63. The summed E-state index contributed by atoms with van der Waals surface area (Å²) in [6.45, 7) is 5.99. The number of carbonyl (C=O) groups excluding carboxylic acids is 1. The predicted octanol–water partition coefficient (Wildman–Crippen LogP) is 2.19. The van der Waals surface area contributed by atoms with Gasteiger partial charge in [-0.15, -0.1) is 11.3 Å². The van der Waals surface area contributed by atoms with Gasteiger partial charge >= 0.3 is 0 Å². The highest BCUT2D eigenvalue weighted by Crippen LogP contribution is 2.26. The second kappa shape index (κ2) is 5.73. The Labute approximate surface area is 121 Å². The highest BCUT2D eigenvalue weighted by atomic mass is 32.1. The van der Waals surface area contributed by atoms with Gasteiger partial charge in [0, 0.05) is 11.3 Å². The van der Waals surface area contributed by atoms with Crippen LogP contribution >= 0.6 is 11.3 Å². The molecule has 2 N–H and O–H groups in total. The van der Waals surface area contributed by atoms with Gasteiger partial charge in [0.1, 0.15) is 5.01 Å². The summed E-state index contributed by atoms with van der Waals surface area (Å²) in [5, 5.41) is 6.02. The summed E-state index contributed by atoms with van der Waals surface area (Å²) in [4.78, 5) is 17.4. The van der Waals surface area contributed by atoms with E-state index in [-0.39, 0.29) is 5.91 Å². The molecule has 1 aromatic rings. The largest absolute Gasteiger partial charge is 0.348 e. The van der Waals surface area contributed by atoms with Crippen molar-refractivity contribution in [2.45, 2.75) is 51.6 Å². The SMILES string of the molecule is Cc1sc(CNC(=O)C2CC(F)(F)CN2)nc1C(C)C. The Morgan fingerprint density at radius 1 is 1.60 bits per heavy atom.